The summed E-state index contributed by atoms with van der Waals surface area (Å²) in [7, 11) is -0.829. The average Bonchev–Trinajstić information content (AvgIpc) is 3.29. The van der Waals surface area contributed by atoms with E-state index in [2.05, 4.69) is 26.1 Å². The van der Waals surface area contributed by atoms with Gasteiger partial charge in [0.05, 0.1) is 22.9 Å². The summed E-state index contributed by atoms with van der Waals surface area (Å²) in [4.78, 5) is 8.58. The van der Waals surface area contributed by atoms with Crippen molar-refractivity contribution in [2.75, 3.05) is 37.2 Å². The van der Waals surface area contributed by atoms with Gasteiger partial charge in [0.15, 0.2) is 17.3 Å². The molecule has 0 bridgehead atoms. The van der Waals surface area contributed by atoms with Crippen molar-refractivity contribution in [3.63, 3.8) is 0 Å². The number of rotatable bonds is 8. The molecule has 12 heteroatoms. The van der Waals surface area contributed by atoms with Crippen molar-refractivity contribution in [1.29, 1.82) is 0 Å². The summed E-state index contributed by atoms with van der Waals surface area (Å²) in [6.07, 6.45) is 1.45. The molecule has 2 aromatic carbocycles. The van der Waals surface area contributed by atoms with E-state index in [9.17, 15) is 4.57 Å². The van der Waals surface area contributed by atoms with Gasteiger partial charge in [0.2, 0.25) is 12.7 Å². The van der Waals surface area contributed by atoms with Gasteiger partial charge in [-0.05, 0) is 24.3 Å². The molecule has 1 aromatic heterocycles. The van der Waals surface area contributed by atoms with Crippen LogP contribution in [0.3, 0.4) is 0 Å². The number of benzene rings is 2. The number of halogens is 1. The minimum atomic E-state index is -3.47. The molecule has 3 N–H and O–H groups in total. The van der Waals surface area contributed by atoms with Gasteiger partial charge in [-0.1, -0.05) is 29.8 Å². The summed E-state index contributed by atoms with van der Waals surface area (Å²) >= 11 is 6.24. The lowest BCUT2D eigenvalue weighted by molar-refractivity contribution is 0.174. The smallest absolute Gasteiger partial charge is 0.362 e. The van der Waals surface area contributed by atoms with E-state index in [1.807, 2.05) is 18.2 Å². The highest BCUT2D eigenvalue weighted by atomic mass is 35.5. The number of para-hydroxylation sites is 2. The van der Waals surface area contributed by atoms with Crippen LogP contribution in [0.1, 0.15) is 0 Å². The van der Waals surface area contributed by atoms with Crippen LogP contribution in [0.4, 0.5) is 23.1 Å². The van der Waals surface area contributed by atoms with Crippen molar-refractivity contribution in [2.24, 2.45) is 0 Å². The van der Waals surface area contributed by atoms with Gasteiger partial charge in [-0.2, -0.15) is 4.98 Å². The molecule has 2 heterocycles. The van der Waals surface area contributed by atoms with Gasteiger partial charge in [-0.25, -0.2) is 4.98 Å². The first-order valence-electron chi connectivity index (χ1n) is 9.05. The van der Waals surface area contributed by atoms with Gasteiger partial charge < -0.3 is 23.8 Å². The van der Waals surface area contributed by atoms with Crippen LogP contribution in [0, 0.1) is 0 Å². The molecule has 10 nitrogen and oxygen atoms in total. The Balaban J connectivity index is 1.55. The fourth-order valence-corrected chi connectivity index (χ4v) is 4.25. The molecular weight excluding hydrogens is 445 g/mol. The van der Waals surface area contributed by atoms with Crippen molar-refractivity contribution in [3.05, 3.63) is 53.7 Å². The third-order valence-corrected chi connectivity index (χ3v) is 6.60. The normalized spacial score (nSPS) is 12.5. The summed E-state index contributed by atoms with van der Waals surface area (Å²) in [5.41, 5.74) is 6.99. The first-order valence-corrected chi connectivity index (χ1v) is 11.0. The summed E-state index contributed by atoms with van der Waals surface area (Å²) < 4.78 is 33.8. The van der Waals surface area contributed by atoms with E-state index in [0.29, 0.717) is 34.0 Å². The number of aromatic nitrogens is 2. The number of ether oxygens (including phenoxy) is 2. The fraction of sp³-hybridized carbons (Fsp3) is 0.158. The van der Waals surface area contributed by atoms with Gasteiger partial charge >= 0.3 is 7.60 Å². The number of hydrogen-bond acceptors (Lipinski definition) is 10. The maximum absolute atomic E-state index is 12.8. The number of nitrogens with one attached hydrogen (secondary N) is 3. The summed E-state index contributed by atoms with van der Waals surface area (Å²) in [5.74, 6) is 1.79. The van der Waals surface area contributed by atoms with Crippen LogP contribution in [0.25, 0.3) is 0 Å². The first-order chi connectivity index (χ1) is 15.0. The molecule has 0 unspecified atom stereocenters. The van der Waals surface area contributed by atoms with Crippen LogP contribution in [-0.2, 0) is 13.6 Å². The zero-order chi connectivity index (χ0) is 21.8. The van der Waals surface area contributed by atoms with E-state index in [-0.39, 0.29) is 17.8 Å². The van der Waals surface area contributed by atoms with Crippen molar-refractivity contribution in [3.8, 4) is 11.5 Å². The molecule has 0 aliphatic carbocycles. The minimum absolute atomic E-state index is 0.151. The molecule has 1 aliphatic heterocycles. The van der Waals surface area contributed by atoms with Crippen LogP contribution in [-0.4, -0.2) is 31.0 Å². The maximum Gasteiger partial charge on any atom is 0.362 e. The van der Waals surface area contributed by atoms with Crippen LogP contribution < -0.4 is 30.9 Å². The molecule has 0 saturated carbocycles. The third kappa shape index (κ3) is 4.38. The first kappa shape index (κ1) is 21.2. The number of hydrogen-bond donors (Lipinski definition) is 3. The lowest BCUT2D eigenvalue weighted by Gasteiger charge is -2.19. The average molecular weight is 464 g/mol. The van der Waals surface area contributed by atoms with E-state index in [4.69, 9.17) is 30.1 Å². The topological polar surface area (TPSA) is 116 Å². The SMILES string of the molecule is COP(=O)(OC)c1ccccc1NNc1nc(Nc2cccc3c2OCO3)ncc1Cl. The molecule has 0 saturated heterocycles. The molecule has 0 amide bonds. The Bertz CT molecular complexity index is 1140. The van der Waals surface area contributed by atoms with E-state index in [1.165, 1.54) is 20.4 Å². The van der Waals surface area contributed by atoms with E-state index in [1.54, 1.807) is 24.3 Å². The summed E-state index contributed by atoms with van der Waals surface area (Å²) in [5, 5.41) is 3.71. The van der Waals surface area contributed by atoms with Gasteiger partial charge in [0.1, 0.15) is 5.02 Å². The molecule has 1 aliphatic rings. The quantitative estimate of drug-likeness (QED) is 0.332. The Kier molecular flexibility index (Phi) is 6.15. The zero-order valence-electron chi connectivity index (χ0n) is 16.6. The van der Waals surface area contributed by atoms with E-state index >= 15 is 0 Å². The standard InChI is InChI=1S/C19H19ClN5O5P/c1-27-31(26,28-2)16-9-4-3-6-13(16)24-25-18-12(20)10-21-19(23-18)22-14-7-5-8-15-17(14)30-11-29-15/h3-10,24H,11H2,1-2H3,(H2,21,22,23,25). The van der Waals surface area contributed by atoms with Crippen LogP contribution >= 0.6 is 19.2 Å². The minimum Gasteiger partial charge on any atom is -0.454 e. The highest BCUT2D eigenvalue weighted by Gasteiger charge is 2.27. The molecule has 0 radical (unpaired) electrons. The summed E-state index contributed by atoms with van der Waals surface area (Å²) in [6.45, 7) is 0.151. The Morgan fingerprint density at radius 2 is 1.81 bits per heavy atom. The second-order valence-corrected chi connectivity index (χ2v) is 8.80. The van der Waals surface area contributed by atoms with Gasteiger partial charge in [-0.15, -0.1) is 0 Å². The second-order valence-electron chi connectivity index (χ2n) is 6.18. The van der Waals surface area contributed by atoms with Crippen LogP contribution in [0.15, 0.2) is 48.7 Å². The third-order valence-electron chi connectivity index (χ3n) is 4.38. The maximum atomic E-state index is 12.8. The predicted octanol–water partition coefficient (Wildman–Crippen LogP) is 4.15. The predicted molar refractivity (Wildman–Crippen MR) is 118 cm³/mol. The highest BCUT2D eigenvalue weighted by Crippen LogP contribution is 2.47. The monoisotopic (exact) mass is 463 g/mol. The lowest BCUT2D eigenvalue weighted by Crippen LogP contribution is -2.19. The van der Waals surface area contributed by atoms with Crippen LogP contribution in [0.2, 0.25) is 5.02 Å². The van der Waals surface area contributed by atoms with Crippen molar-refractivity contribution in [1.82, 2.24) is 9.97 Å². The Morgan fingerprint density at radius 3 is 2.61 bits per heavy atom. The Hall–Kier alpha value is -3.04. The number of anilines is 4. The second kappa shape index (κ2) is 8.99. The molecule has 0 atom stereocenters. The summed E-state index contributed by atoms with van der Waals surface area (Å²) in [6, 6.07) is 12.3. The molecule has 0 spiro atoms. The van der Waals surface area contributed by atoms with Gasteiger partial charge in [-0.3, -0.25) is 15.4 Å². The van der Waals surface area contributed by atoms with Gasteiger partial charge in [0.25, 0.3) is 0 Å². The largest absolute Gasteiger partial charge is 0.454 e. The Labute approximate surface area is 183 Å². The highest BCUT2D eigenvalue weighted by molar-refractivity contribution is 7.62. The van der Waals surface area contributed by atoms with E-state index in [0.717, 1.165) is 0 Å². The Morgan fingerprint density at radius 1 is 1.03 bits per heavy atom. The molecule has 31 heavy (non-hydrogen) atoms. The van der Waals surface area contributed by atoms with Gasteiger partial charge in [0, 0.05) is 14.2 Å². The van der Waals surface area contributed by atoms with Crippen molar-refractivity contribution in [2.45, 2.75) is 0 Å². The van der Waals surface area contributed by atoms with Crippen molar-refractivity contribution >= 4 is 47.6 Å². The molecular formula is C19H19ClN5O5P. The molecule has 3 aromatic rings. The number of fused-ring (bicyclic) bond motifs is 1. The van der Waals surface area contributed by atoms with Crippen LogP contribution in [0.5, 0.6) is 11.5 Å². The lowest BCUT2D eigenvalue weighted by atomic mass is 10.3. The molecule has 0 fully saturated rings. The molecule has 4 rings (SSSR count). The van der Waals surface area contributed by atoms with E-state index < -0.39 is 7.60 Å². The fourth-order valence-electron chi connectivity index (χ4n) is 2.88. The zero-order valence-corrected chi connectivity index (χ0v) is 18.2. The molecule has 162 valence electrons. The van der Waals surface area contributed by atoms with Crippen molar-refractivity contribution < 1.29 is 23.1 Å². The number of hydrazine groups is 1. The number of nitrogens with zero attached hydrogens (tertiary/aromatic N) is 2.